The summed E-state index contributed by atoms with van der Waals surface area (Å²) in [6.45, 7) is 5.36. The van der Waals surface area contributed by atoms with Crippen molar-refractivity contribution in [1.82, 2.24) is 0 Å². The van der Waals surface area contributed by atoms with Gasteiger partial charge in [0, 0.05) is 6.42 Å². The zero-order chi connectivity index (χ0) is 13.7. The number of carbonyl (C=O) groups excluding carboxylic acids is 1. The van der Waals surface area contributed by atoms with Crippen LogP contribution >= 0.6 is 0 Å². The first kappa shape index (κ1) is 14.2. The van der Waals surface area contributed by atoms with Gasteiger partial charge in [0.1, 0.15) is 11.9 Å². The smallest absolute Gasteiger partial charge is 0.337 e. The molecule has 1 atom stereocenters. The number of phenols is 1. The van der Waals surface area contributed by atoms with Crippen LogP contribution in [0.3, 0.4) is 0 Å². The van der Waals surface area contributed by atoms with Crippen molar-refractivity contribution in [3.8, 4) is 5.75 Å². The average molecular weight is 252 g/mol. The molecule has 0 bridgehead atoms. The maximum Gasteiger partial charge on any atom is 0.337 e. The molecule has 0 fully saturated rings. The molecule has 5 nitrogen and oxygen atoms in total. The van der Waals surface area contributed by atoms with Crippen LogP contribution in [0.2, 0.25) is 0 Å². The third kappa shape index (κ3) is 3.32. The molecular weight excluding hydrogens is 236 g/mol. The van der Waals surface area contributed by atoms with Gasteiger partial charge in [-0.25, -0.2) is 9.68 Å². The topological polar surface area (TPSA) is 76.0 Å². The van der Waals surface area contributed by atoms with Crippen LogP contribution in [0, 0.1) is 0 Å². The van der Waals surface area contributed by atoms with E-state index in [4.69, 9.17) is 5.26 Å². The Bertz CT molecular complexity index is 453. The third-order valence-electron chi connectivity index (χ3n) is 2.58. The van der Waals surface area contributed by atoms with E-state index in [0.717, 1.165) is 0 Å². The van der Waals surface area contributed by atoms with Gasteiger partial charge in [-0.15, -0.1) is 0 Å². The van der Waals surface area contributed by atoms with Crippen LogP contribution in [-0.2, 0) is 16.0 Å². The molecule has 5 heteroatoms. The van der Waals surface area contributed by atoms with Crippen LogP contribution in [0.15, 0.2) is 30.4 Å². The minimum Gasteiger partial charge on any atom is -0.508 e. The van der Waals surface area contributed by atoms with E-state index in [-0.39, 0.29) is 12.2 Å². The lowest BCUT2D eigenvalue weighted by Crippen LogP contribution is -2.15. The third-order valence-corrected chi connectivity index (χ3v) is 2.58. The average Bonchev–Trinajstić information content (AvgIpc) is 2.36. The number of benzene rings is 1. The zero-order valence-electron chi connectivity index (χ0n) is 10.3. The Morgan fingerprint density at radius 2 is 2.17 bits per heavy atom. The van der Waals surface area contributed by atoms with Crippen molar-refractivity contribution >= 4 is 5.97 Å². The monoisotopic (exact) mass is 252 g/mol. The van der Waals surface area contributed by atoms with Gasteiger partial charge in [0.2, 0.25) is 0 Å². The number of rotatable bonds is 5. The summed E-state index contributed by atoms with van der Waals surface area (Å²) in [5, 5.41) is 18.4. The molecule has 2 N–H and O–H groups in total. The molecule has 0 aromatic heterocycles. The molecule has 0 aliphatic rings. The van der Waals surface area contributed by atoms with E-state index in [2.05, 4.69) is 16.2 Å². The molecule has 1 aromatic rings. The van der Waals surface area contributed by atoms with E-state index < -0.39 is 12.1 Å². The van der Waals surface area contributed by atoms with Crippen molar-refractivity contribution in [3.63, 3.8) is 0 Å². The summed E-state index contributed by atoms with van der Waals surface area (Å²) in [5.74, 6) is -0.473. The minimum atomic E-state index is -0.635. The molecule has 0 saturated carbocycles. The first-order valence-electron chi connectivity index (χ1n) is 5.35. The molecule has 0 aliphatic carbocycles. The number of esters is 1. The van der Waals surface area contributed by atoms with Gasteiger partial charge in [-0.2, -0.15) is 0 Å². The lowest BCUT2D eigenvalue weighted by molar-refractivity contribution is -0.268. The van der Waals surface area contributed by atoms with Crippen molar-refractivity contribution < 1.29 is 24.8 Å². The van der Waals surface area contributed by atoms with E-state index in [0.29, 0.717) is 16.7 Å². The molecule has 18 heavy (non-hydrogen) atoms. The van der Waals surface area contributed by atoms with Crippen LogP contribution in [0.5, 0.6) is 5.75 Å². The van der Waals surface area contributed by atoms with Gasteiger partial charge in [-0.1, -0.05) is 6.58 Å². The Morgan fingerprint density at radius 3 is 2.67 bits per heavy atom. The van der Waals surface area contributed by atoms with Gasteiger partial charge in [-0.05, 0) is 36.3 Å². The highest BCUT2D eigenvalue weighted by Crippen LogP contribution is 2.22. The van der Waals surface area contributed by atoms with Crippen LogP contribution in [0.25, 0.3) is 0 Å². The predicted octanol–water partition coefficient (Wildman–Crippen LogP) is 2.16. The summed E-state index contributed by atoms with van der Waals surface area (Å²) >= 11 is 0. The number of hydrogen-bond acceptors (Lipinski definition) is 5. The van der Waals surface area contributed by atoms with Crippen molar-refractivity contribution in [2.24, 2.45) is 0 Å². The second kappa shape index (κ2) is 6.18. The van der Waals surface area contributed by atoms with E-state index in [1.807, 2.05) is 0 Å². The number of methoxy groups -OCH3 is 1. The fraction of sp³-hybridized carbons (Fsp3) is 0.308. The van der Waals surface area contributed by atoms with Crippen LogP contribution in [-0.4, -0.2) is 29.5 Å². The van der Waals surface area contributed by atoms with Crippen molar-refractivity contribution in [1.29, 1.82) is 0 Å². The second-order valence-electron chi connectivity index (χ2n) is 3.98. The molecule has 0 spiro atoms. The summed E-state index contributed by atoms with van der Waals surface area (Å²) in [5.41, 5.74) is 1.41. The number of aromatic hydroxyl groups is 1. The van der Waals surface area contributed by atoms with Gasteiger partial charge >= 0.3 is 5.97 Å². The number of phenolic OH excluding ortho intramolecular Hbond substituents is 1. The SMILES string of the molecule is C=C(C)C(Cc1cc(C(=O)OC)ccc1O)OO. The number of carbonyl (C=O) groups is 1. The maximum atomic E-state index is 11.4. The van der Waals surface area contributed by atoms with Crippen molar-refractivity contribution in [2.45, 2.75) is 19.4 Å². The van der Waals surface area contributed by atoms with Crippen LogP contribution in [0.4, 0.5) is 0 Å². The highest BCUT2D eigenvalue weighted by molar-refractivity contribution is 5.89. The van der Waals surface area contributed by atoms with Gasteiger partial charge < -0.3 is 9.84 Å². The van der Waals surface area contributed by atoms with E-state index in [1.165, 1.54) is 25.3 Å². The standard InChI is InChI=1S/C13H16O5/c1-8(2)12(18-16)7-10-6-9(13(15)17-3)4-5-11(10)14/h4-6,12,14,16H,1,7H2,2-3H3. The molecule has 0 radical (unpaired) electrons. The van der Waals surface area contributed by atoms with E-state index in [9.17, 15) is 9.90 Å². The highest BCUT2D eigenvalue weighted by atomic mass is 17.1. The zero-order valence-corrected chi connectivity index (χ0v) is 10.3. The molecular formula is C13H16O5. The van der Waals surface area contributed by atoms with Gasteiger partial charge in [0.25, 0.3) is 0 Å². The van der Waals surface area contributed by atoms with Gasteiger partial charge in [0.05, 0.1) is 12.7 Å². The molecule has 0 aliphatic heterocycles. The first-order valence-corrected chi connectivity index (χ1v) is 5.35. The van der Waals surface area contributed by atoms with Gasteiger partial charge in [0.15, 0.2) is 0 Å². The number of hydrogen-bond donors (Lipinski definition) is 2. The molecule has 1 aromatic carbocycles. The van der Waals surface area contributed by atoms with Crippen molar-refractivity contribution in [3.05, 3.63) is 41.5 Å². The summed E-state index contributed by atoms with van der Waals surface area (Å²) in [6, 6.07) is 4.35. The van der Waals surface area contributed by atoms with Crippen molar-refractivity contribution in [2.75, 3.05) is 7.11 Å². The lowest BCUT2D eigenvalue weighted by atomic mass is 10.0. The largest absolute Gasteiger partial charge is 0.508 e. The van der Waals surface area contributed by atoms with Crippen LogP contribution < -0.4 is 0 Å². The van der Waals surface area contributed by atoms with E-state index in [1.54, 1.807) is 6.92 Å². The normalized spacial score (nSPS) is 11.9. The van der Waals surface area contributed by atoms with Gasteiger partial charge in [-0.3, -0.25) is 5.26 Å². The summed E-state index contributed by atoms with van der Waals surface area (Å²) in [4.78, 5) is 15.6. The van der Waals surface area contributed by atoms with Crippen LogP contribution in [0.1, 0.15) is 22.8 Å². The summed E-state index contributed by atoms with van der Waals surface area (Å²) < 4.78 is 4.59. The molecule has 1 rings (SSSR count). The highest BCUT2D eigenvalue weighted by Gasteiger charge is 2.16. The fourth-order valence-electron chi connectivity index (χ4n) is 1.50. The predicted molar refractivity (Wildman–Crippen MR) is 65.5 cm³/mol. The Balaban J connectivity index is 3.00. The summed E-state index contributed by atoms with van der Waals surface area (Å²) in [7, 11) is 1.28. The lowest BCUT2D eigenvalue weighted by Gasteiger charge is -2.14. The van der Waals surface area contributed by atoms with E-state index >= 15 is 0 Å². The number of ether oxygens (including phenoxy) is 1. The molecule has 98 valence electrons. The fourth-order valence-corrected chi connectivity index (χ4v) is 1.50. The Labute approximate surface area is 105 Å². The maximum absolute atomic E-state index is 11.4. The molecule has 0 saturated heterocycles. The minimum absolute atomic E-state index is 0.0194. The quantitative estimate of drug-likeness (QED) is 0.363. The first-order chi connectivity index (χ1) is 8.49. The summed E-state index contributed by atoms with van der Waals surface area (Å²) in [6.07, 6.45) is -0.425. The molecule has 1 unspecified atom stereocenters. The Kier molecular flexibility index (Phi) is 4.88. The Hall–Kier alpha value is -1.85. The Morgan fingerprint density at radius 1 is 1.50 bits per heavy atom. The second-order valence-corrected chi connectivity index (χ2v) is 3.98. The molecule has 0 amide bonds. The molecule has 0 heterocycles.